The lowest BCUT2D eigenvalue weighted by atomic mass is 9.98. The van der Waals surface area contributed by atoms with Crippen LogP contribution in [0.5, 0.6) is 0 Å². The van der Waals surface area contributed by atoms with E-state index >= 15 is 0 Å². The van der Waals surface area contributed by atoms with Crippen LogP contribution in [0.3, 0.4) is 0 Å². The van der Waals surface area contributed by atoms with Gasteiger partial charge >= 0.3 is 0 Å². The molecule has 1 aromatic heterocycles. The quantitative estimate of drug-likeness (QED) is 0.843. The van der Waals surface area contributed by atoms with Crippen LogP contribution in [0.25, 0.3) is 0 Å². The molecule has 0 saturated heterocycles. The number of aryl methyl sites for hydroxylation is 1. The average Bonchev–Trinajstić information content (AvgIpc) is 2.75. The minimum Gasteiger partial charge on any atom is -0.374 e. The molecule has 0 amide bonds. The van der Waals surface area contributed by atoms with Crippen molar-refractivity contribution >= 4 is 11.3 Å². The van der Waals surface area contributed by atoms with E-state index in [0.717, 1.165) is 13.2 Å². The van der Waals surface area contributed by atoms with Crippen LogP contribution in [0.1, 0.15) is 68.2 Å². The van der Waals surface area contributed by atoms with Gasteiger partial charge in [-0.25, -0.2) is 0 Å². The zero-order chi connectivity index (χ0) is 14.6. The van der Waals surface area contributed by atoms with E-state index in [9.17, 15) is 0 Å². The molecule has 0 radical (unpaired) electrons. The lowest BCUT2D eigenvalue weighted by molar-refractivity contribution is 0.0168. The fourth-order valence-corrected chi connectivity index (χ4v) is 3.60. The second-order valence-corrected chi connectivity index (χ2v) is 8.31. The molecule has 114 valence electrons. The largest absolute Gasteiger partial charge is 0.374 e. The van der Waals surface area contributed by atoms with Crippen molar-refractivity contribution in [3.8, 4) is 0 Å². The summed E-state index contributed by atoms with van der Waals surface area (Å²) in [6, 6.07) is 2.32. The summed E-state index contributed by atoms with van der Waals surface area (Å²) >= 11 is 1.90. The predicted octanol–water partition coefficient (Wildman–Crippen LogP) is 4.79. The summed E-state index contributed by atoms with van der Waals surface area (Å²) in [6.07, 6.45) is 7.07. The summed E-state index contributed by atoms with van der Waals surface area (Å²) in [5, 5.41) is 3.55. The predicted molar refractivity (Wildman–Crippen MR) is 87.3 cm³/mol. The molecule has 1 N–H and O–H groups in total. The van der Waals surface area contributed by atoms with Crippen LogP contribution >= 0.6 is 11.3 Å². The van der Waals surface area contributed by atoms with Gasteiger partial charge in [0.1, 0.15) is 0 Å². The normalized spacial score (nSPS) is 17.6. The van der Waals surface area contributed by atoms with Crippen LogP contribution in [0.2, 0.25) is 0 Å². The molecule has 0 unspecified atom stereocenters. The molecule has 1 fully saturated rings. The Bertz CT molecular complexity index is 413. The van der Waals surface area contributed by atoms with Crippen LogP contribution in [-0.4, -0.2) is 11.6 Å². The van der Waals surface area contributed by atoms with Crippen molar-refractivity contribution < 1.29 is 4.74 Å². The maximum absolute atomic E-state index is 6.09. The van der Waals surface area contributed by atoms with Crippen molar-refractivity contribution in [2.24, 2.45) is 0 Å². The maximum atomic E-state index is 6.09. The third kappa shape index (κ3) is 5.19. The summed E-state index contributed by atoms with van der Waals surface area (Å²) in [7, 11) is 0. The van der Waals surface area contributed by atoms with Gasteiger partial charge in [0.15, 0.2) is 0 Å². The van der Waals surface area contributed by atoms with Crippen LogP contribution < -0.4 is 5.32 Å². The highest BCUT2D eigenvalue weighted by Crippen LogP contribution is 2.26. The zero-order valence-electron chi connectivity index (χ0n) is 13.4. The summed E-state index contributed by atoms with van der Waals surface area (Å²) in [5.41, 5.74) is 1.56. The monoisotopic (exact) mass is 295 g/mol. The van der Waals surface area contributed by atoms with Gasteiger partial charge in [-0.3, -0.25) is 0 Å². The van der Waals surface area contributed by atoms with Crippen molar-refractivity contribution in [1.29, 1.82) is 0 Å². The fraction of sp³-hybridized carbons (Fsp3) is 0.765. The smallest absolute Gasteiger partial charge is 0.0731 e. The molecule has 2 rings (SSSR count). The van der Waals surface area contributed by atoms with Gasteiger partial charge in [-0.2, -0.15) is 0 Å². The first-order chi connectivity index (χ1) is 9.44. The van der Waals surface area contributed by atoms with E-state index in [4.69, 9.17) is 4.74 Å². The number of thiophene rings is 1. The zero-order valence-corrected chi connectivity index (χ0v) is 14.2. The van der Waals surface area contributed by atoms with Crippen molar-refractivity contribution in [2.45, 2.75) is 84.6 Å². The van der Waals surface area contributed by atoms with Gasteiger partial charge < -0.3 is 10.1 Å². The van der Waals surface area contributed by atoms with Crippen LogP contribution in [0.15, 0.2) is 6.07 Å². The molecular formula is C17H29NOS. The standard InChI is InChI=1S/C17H29NOS/c1-13-14(12-19-15-8-6-5-7-9-15)10-16(20-13)11-18-17(2,3)4/h10,15,18H,5-9,11-12H2,1-4H3. The Balaban J connectivity index is 1.83. The molecule has 0 spiro atoms. The number of ether oxygens (including phenoxy) is 1. The molecule has 1 heterocycles. The van der Waals surface area contributed by atoms with Gasteiger partial charge in [0.25, 0.3) is 0 Å². The van der Waals surface area contributed by atoms with Crippen LogP contribution in [0, 0.1) is 6.92 Å². The summed E-state index contributed by atoms with van der Waals surface area (Å²) in [4.78, 5) is 2.83. The molecule has 0 atom stereocenters. The topological polar surface area (TPSA) is 21.3 Å². The molecule has 0 aliphatic heterocycles. The number of hydrogen-bond acceptors (Lipinski definition) is 3. The Morgan fingerprint density at radius 3 is 2.60 bits per heavy atom. The van der Waals surface area contributed by atoms with Crippen LogP contribution in [-0.2, 0) is 17.9 Å². The third-order valence-corrected chi connectivity index (χ3v) is 4.98. The summed E-state index contributed by atoms with van der Waals surface area (Å²) in [5.74, 6) is 0. The highest BCUT2D eigenvalue weighted by Gasteiger charge is 2.15. The molecule has 20 heavy (non-hydrogen) atoms. The fourth-order valence-electron chi connectivity index (χ4n) is 2.61. The van der Waals surface area contributed by atoms with E-state index in [1.165, 1.54) is 47.4 Å². The van der Waals surface area contributed by atoms with E-state index < -0.39 is 0 Å². The van der Waals surface area contributed by atoms with Crippen molar-refractivity contribution in [3.05, 3.63) is 21.4 Å². The highest BCUT2D eigenvalue weighted by atomic mass is 32.1. The second kappa shape index (κ2) is 7.06. The average molecular weight is 295 g/mol. The van der Waals surface area contributed by atoms with E-state index in [1.54, 1.807) is 0 Å². The highest BCUT2D eigenvalue weighted by molar-refractivity contribution is 7.12. The molecular weight excluding hydrogens is 266 g/mol. The number of hydrogen-bond donors (Lipinski definition) is 1. The maximum Gasteiger partial charge on any atom is 0.0731 e. The van der Waals surface area contributed by atoms with Crippen LogP contribution in [0.4, 0.5) is 0 Å². The third-order valence-electron chi connectivity index (χ3n) is 3.89. The molecule has 2 nitrogen and oxygen atoms in total. The molecule has 3 heteroatoms. The molecule has 1 saturated carbocycles. The van der Waals surface area contributed by atoms with E-state index in [1.807, 2.05) is 11.3 Å². The van der Waals surface area contributed by atoms with Gasteiger partial charge in [-0.05, 0) is 52.2 Å². The van der Waals surface area contributed by atoms with Gasteiger partial charge in [-0.1, -0.05) is 19.3 Å². The van der Waals surface area contributed by atoms with Gasteiger partial charge in [0.2, 0.25) is 0 Å². The first-order valence-electron chi connectivity index (χ1n) is 7.89. The first-order valence-corrected chi connectivity index (χ1v) is 8.70. The lowest BCUT2D eigenvalue weighted by Gasteiger charge is -2.21. The minimum atomic E-state index is 0.177. The Hall–Kier alpha value is -0.380. The molecule has 1 aromatic rings. The van der Waals surface area contributed by atoms with Gasteiger partial charge in [0.05, 0.1) is 12.7 Å². The first kappa shape index (κ1) is 16.0. The Kier molecular flexibility index (Phi) is 5.65. The Morgan fingerprint density at radius 2 is 1.95 bits per heavy atom. The van der Waals surface area contributed by atoms with Crippen molar-refractivity contribution in [3.63, 3.8) is 0 Å². The van der Waals surface area contributed by atoms with E-state index in [2.05, 4.69) is 39.1 Å². The minimum absolute atomic E-state index is 0.177. The summed E-state index contributed by atoms with van der Waals surface area (Å²) < 4.78 is 6.09. The van der Waals surface area contributed by atoms with Crippen molar-refractivity contribution in [1.82, 2.24) is 5.32 Å². The number of nitrogens with one attached hydrogen (secondary N) is 1. The number of rotatable bonds is 5. The van der Waals surface area contributed by atoms with E-state index in [-0.39, 0.29) is 5.54 Å². The Morgan fingerprint density at radius 1 is 1.25 bits per heavy atom. The van der Waals surface area contributed by atoms with Gasteiger partial charge in [-0.15, -0.1) is 11.3 Å². The lowest BCUT2D eigenvalue weighted by Crippen LogP contribution is -2.34. The molecule has 1 aliphatic rings. The second-order valence-electron chi connectivity index (χ2n) is 6.97. The molecule has 0 bridgehead atoms. The van der Waals surface area contributed by atoms with Crippen molar-refractivity contribution in [2.75, 3.05) is 0 Å². The van der Waals surface area contributed by atoms with Gasteiger partial charge in [0, 0.05) is 21.8 Å². The van der Waals surface area contributed by atoms with E-state index in [0.29, 0.717) is 6.10 Å². The molecule has 1 aliphatic carbocycles. The Labute approximate surface area is 127 Å². The SMILES string of the molecule is Cc1sc(CNC(C)(C)C)cc1COC1CCCCC1. The summed E-state index contributed by atoms with van der Waals surface area (Å²) in [6.45, 7) is 10.6. The molecule has 0 aromatic carbocycles.